The van der Waals surface area contributed by atoms with Gasteiger partial charge in [-0.15, -0.1) is 0 Å². The van der Waals surface area contributed by atoms with Crippen molar-refractivity contribution in [1.82, 2.24) is 25.1 Å². The normalized spacial score (nSPS) is 11.0. The molecule has 4 aromatic rings. The summed E-state index contributed by atoms with van der Waals surface area (Å²) in [4.78, 5) is 17.1. The van der Waals surface area contributed by atoms with Crippen LogP contribution in [-0.4, -0.2) is 46.6 Å². The van der Waals surface area contributed by atoms with Crippen molar-refractivity contribution in [1.29, 1.82) is 0 Å². The van der Waals surface area contributed by atoms with Crippen molar-refractivity contribution in [3.8, 4) is 11.3 Å². The lowest BCUT2D eigenvalue weighted by molar-refractivity contribution is 0.0953. The molecule has 4 rings (SSSR count). The predicted molar refractivity (Wildman–Crippen MR) is 118 cm³/mol. The van der Waals surface area contributed by atoms with Gasteiger partial charge in [0.2, 0.25) is 0 Å². The third-order valence-electron chi connectivity index (χ3n) is 4.78. The van der Waals surface area contributed by atoms with E-state index in [1.165, 1.54) is 0 Å². The monoisotopic (exact) mass is 422 g/mol. The van der Waals surface area contributed by atoms with Gasteiger partial charge in [0.05, 0.1) is 11.4 Å². The van der Waals surface area contributed by atoms with Gasteiger partial charge in [-0.3, -0.25) is 4.79 Å². The molecule has 0 bridgehead atoms. The number of benzene rings is 1. The third kappa shape index (κ3) is 3.76. The zero-order chi connectivity index (χ0) is 21.3. The van der Waals surface area contributed by atoms with E-state index in [1.807, 2.05) is 38.2 Å². The molecule has 0 radical (unpaired) electrons. The molecule has 30 heavy (non-hydrogen) atoms. The van der Waals surface area contributed by atoms with Crippen molar-refractivity contribution in [2.24, 2.45) is 0 Å². The van der Waals surface area contributed by atoms with Gasteiger partial charge in [0.15, 0.2) is 5.65 Å². The Balaban J connectivity index is 1.53. The zero-order valence-corrected chi connectivity index (χ0v) is 17.6. The van der Waals surface area contributed by atoms with Crippen LogP contribution in [0.1, 0.15) is 21.8 Å². The largest absolute Gasteiger partial charge is 0.368 e. The molecule has 10 heteroatoms. The van der Waals surface area contributed by atoms with Crippen LogP contribution in [0.5, 0.6) is 0 Å². The van der Waals surface area contributed by atoms with Crippen LogP contribution < -0.4 is 16.1 Å². The summed E-state index contributed by atoms with van der Waals surface area (Å²) in [6.45, 7) is 4.37. The number of anilines is 1. The topological polar surface area (TPSA) is 97.3 Å². The Kier molecular flexibility index (Phi) is 5.45. The molecule has 3 aromatic heterocycles. The van der Waals surface area contributed by atoms with E-state index in [0.717, 1.165) is 28.2 Å². The summed E-state index contributed by atoms with van der Waals surface area (Å²) in [7, 11) is 1.96. The number of carbonyl (C=O) groups is 1. The molecule has 1 amide bonds. The summed E-state index contributed by atoms with van der Waals surface area (Å²) >= 11 is 6.37. The van der Waals surface area contributed by atoms with Crippen LogP contribution in [0.25, 0.3) is 16.9 Å². The molecular formula is C20H20BClN6O2. The maximum atomic E-state index is 12.4. The minimum absolute atomic E-state index is 0.209. The number of hydrogen-bond acceptors (Lipinski definition) is 6. The number of nitrogens with one attached hydrogen (secondary N) is 2. The summed E-state index contributed by atoms with van der Waals surface area (Å²) < 4.78 is 6.79. The molecule has 0 aliphatic heterocycles. The molecule has 3 heterocycles. The standard InChI is InChI=1S/C20H20BClN6O2/c1-11-18(12(2)30-27-11)20(29)24-8-7-23-17-9-16(13-5-3-4-6-15(13)22)26-19-14(21)10-25-28(17)19/h3-6,9-10,23H,7-8,21H2,1-2H3,(H,24,29). The summed E-state index contributed by atoms with van der Waals surface area (Å²) in [5, 5.41) is 15.0. The lowest BCUT2D eigenvalue weighted by Crippen LogP contribution is -2.29. The Hall–Kier alpha value is -3.33. The first-order valence-corrected chi connectivity index (χ1v) is 9.88. The SMILES string of the molecule is Bc1cnn2c(NCCNC(=O)c3c(C)noc3C)cc(-c3ccccc3Cl)nc12. The quantitative estimate of drug-likeness (QED) is 0.363. The first-order chi connectivity index (χ1) is 14.5. The lowest BCUT2D eigenvalue weighted by atomic mass is 10.0. The number of hydrogen-bond donors (Lipinski definition) is 2. The van der Waals surface area contributed by atoms with Crippen LogP contribution in [0.4, 0.5) is 5.82 Å². The van der Waals surface area contributed by atoms with Crippen molar-refractivity contribution in [2.75, 3.05) is 18.4 Å². The zero-order valence-electron chi connectivity index (χ0n) is 16.9. The molecule has 0 atom stereocenters. The molecule has 2 N–H and O–H groups in total. The molecule has 0 saturated carbocycles. The fourth-order valence-electron chi connectivity index (χ4n) is 3.27. The van der Waals surface area contributed by atoms with Gasteiger partial charge < -0.3 is 15.2 Å². The number of nitrogens with zero attached hydrogens (tertiary/aromatic N) is 4. The van der Waals surface area contributed by atoms with Crippen molar-refractivity contribution in [3.63, 3.8) is 0 Å². The number of carbonyl (C=O) groups excluding carboxylic acids is 1. The maximum Gasteiger partial charge on any atom is 0.256 e. The lowest BCUT2D eigenvalue weighted by Gasteiger charge is -2.12. The van der Waals surface area contributed by atoms with Crippen LogP contribution in [0.3, 0.4) is 0 Å². The molecule has 0 aliphatic carbocycles. The summed E-state index contributed by atoms with van der Waals surface area (Å²) in [5.74, 6) is 1.06. The molecule has 0 aliphatic rings. The van der Waals surface area contributed by atoms with Gasteiger partial charge in [-0.25, -0.2) is 4.98 Å². The summed E-state index contributed by atoms with van der Waals surface area (Å²) in [6, 6.07) is 9.48. The van der Waals surface area contributed by atoms with Gasteiger partial charge >= 0.3 is 0 Å². The van der Waals surface area contributed by atoms with Gasteiger partial charge in [0.1, 0.15) is 25.0 Å². The molecule has 0 spiro atoms. The van der Waals surface area contributed by atoms with Crippen molar-refractivity contribution in [3.05, 3.63) is 58.6 Å². The molecule has 8 nitrogen and oxygen atoms in total. The number of fused-ring (bicyclic) bond motifs is 1. The van der Waals surface area contributed by atoms with Crippen LogP contribution >= 0.6 is 11.6 Å². The summed E-state index contributed by atoms with van der Waals surface area (Å²) in [6.07, 6.45) is 1.77. The third-order valence-corrected chi connectivity index (χ3v) is 5.10. The number of aromatic nitrogens is 4. The number of halogens is 1. The van der Waals surface area contributed by atoms with Gasteiger partial charge in [-0.05, 0) is 25.4 Å². The molecule has 0 saturated heterocycles. The Morgan fingerprint density at radius 2 is 2.07 bits per heavy atom. The minimum Gasteiger partial charge on any atom is -0.368 e. The first kappa shape index (κ1) is 20.0. The van der Waals surface area contributed by atoms with Crippen molar-refractivity contribution in [2.45, 2.75) is 13.8 Å². The van der Waals surface area contributed by atoms with E-state index >= 15 is 0 Å². The molecule has 0 fully saturated rings. The Morgan fingerprint density at radius 3 is 2.80 bits per heavy atom. The fraction of sp³-hybridized carbons (Fsp3) is 0.200. The highest BCUT2D eigenvalue weighted by Gasteiger charge is 2.17. The molecular weight excluding hydrogens is 403 g/mol. The average Bonchev–Trinajstić information content (AvgIpc) is 3.27. The number of amides is 1. The highest BCUT2D eigenvalue weighted by Crippen LogP contribution is 2.28. The van der Waals surface area contributed by atoms with Crippen LogP contribution in [-0.2, 0) is 0 Å². The van der Waals surface area contributed by atoms with E-state index in [0.29, 0.717) is 35.1 Å². The predicted octanol–water partition coefficient (Wildman–Crippen LogP) is 1.75. The van der Waals surface area contributed by atoms with E-state index in [9.17, 15) is 4.79 Å². The van der Waals surface area contributed by atoms with E-state index in [2.05, 4.69) is 20.9 Å². The number of aryl methyl sites for hydroxylation is 2. The fourth-order valence-corrected chi connectivity index (χ4v) is 3.50. The Labute approximate surface area is 179 Å². The Morgan fingerprint density at radius 1 is 1.27 bits per heavy atom. The van der Waals surface area contributed by atoms with Crippen molar-refractivity contribution < 1.29 is 9.32 Å². The van der Waals surface area contributed by atoms with Gasteiger partial charge in [0, 0.05) is 35.9 Å². The van der Waals surface area contributed by atoms with Crippen LogP contribution in [0.2, 0.25) is 5.02 Å². The number of rotatable bonds is 6. The van der Waals surface area contributed by atoms with Gasteiger partial charge in [-0.2, -0.15) is 9.61 Å². The molecule has 1 aromatic carbocycles. The van der Waals surface area contributed by atoms with Crippen molar-refractivity contribution >= 4 is 42.3 Å². The highest BCUT2D eigenvalue weighted by molar-refractivity contribution is 6.36. The van der Waals surface area contributed by atoms with E-state index < -0.39 is 0 Å². The van der Waals surface area contributed by atoms with Gasteiger partial charge in [-0.1, -0.05) is 35.0 Å². The van der Waals surface area contributed by atoms with Crippen LogP contribution in [0, 0.1) is 13.8 Å². The molecule has 152 valence electrons. The average molecular weight is 423 g/mol. The van der Waals surface area contributed by atoms with E-state index in [4.69, 9.17) is 21.1 Å². The highest BCUT2D eigenvalue weighted by atomic mass is 35.5. The second kappa shape index (κ2) is 8.20. The Bertz CT molecular complexity index is 1220. The smallest absolute Gasteiger partial charge is 0.256 e. The minimum atomic E-state index is -0.209. The van der Waals surface area contributed by atoms with Crippen LogP contribution in [0.15, 0.2) is 41.1 Å². The van der Waals surface area contributed by atoms with E-state index in [1.54, 1.807) is 24.6 Å². The maximum absolute atomic E-state index is 12.4. The first-order valence-electron chi connectivity index (χ1n) is 9.51. The van der Waals surface area contributed by atoms with Gasteiger partial charge in [0.25, 0.3) is 5.91 Å². The molecule has 0 unspecified atom stereocenters. The summed E-state index contributed by atoms with van der Waals surface area (Å²) in [5.41, 5.74) is 4.35. The second-order valence-electron chi connectivity index (χ2n) is 6.95. The van der Waals surface area contributed by atoms with E-state index in [-0.39, 0.29) is 5.91 Å². The second-order valence-corrected chi connectivity index (χ2v) is 7.36.